The maximum Gasteiger partial charge on any atom is 0.259 e. The Balaban J connectivity index is 2.22. The van der Waals surface area contributed by atoms with Crippen LogP contribution >= 0.6 is 27.5 Å². The number of halogens is 2. The number of carbonyl (C=O) groups excluding carboxylic acids is 1. The van der Waals surface area contributed by atoms with Gasteiger partial charge in [-0.05, 0) is 46.6 Å². The van der Waals surface area contributed by atoms with Crippen molar-refractivity contribution in [1.82, 2.24) is 4.98 Å². The molecule has 0 bridgehead atoms. The van der Waals surface area contributed by atoms with E-state index in [2.05, 4.69) is 38.5 Å². The van der Waals surface area contributed by atoms with Crippen molar-refractivity contribution in [3.63, 3.8) is 0 Å². The van der Waals surface area contributed by atoms with Crippen LogP contribution in [0.25, 0.3) is 0 Å². The highest BCUT2D eigenvalue weighted by atomic mass is 79.9. The normalized spacial score (nSPS) is 10.2. The van der Waals surface area contributed by atoms with Gasteiger partial charge in [0.25, 0.3) is 5.91 Å². The Labute approximate surface area is 137 Å². The quantitative estimate of drug-likeness (QED) is 0.812. The van der Waals surface area contributed by atoms with E-state index < -0.39 is 0 Å². The summed E-state index contributed by atoms with van der Waals surface area (Å²) >= 11 is 9.34. The number of hydrogen-bond acceptors (Lipinski definition) is 3. The molecule has 0 atom stereocenters. The molecule has 21 heavy (non-hydrogen) atoms. The van der Waals surface area contributed by atoms with Crippen LogP contribution in [0.15, 0.2) is 41.1 Å². The molecule has 0 unspecified atom stereocenters. The number of pyridine rings is 1. The minimum Gasteiger partial charge on any atom is -0.384 e. The lowest BCUT2D eigenvalue weighted by molar-refractivity contribution is 0.102. The zero-order valence-corrected chi connectivity index (χ0v) is 13.8. The van der Waals surface area contributed by atoms with Crippen molar-refractivity contribution in [1.29, 1.82) is 0 Å². The minimum atomic E-state index is -0.232. The van der Waals surface area contributed by atoms with Crippen LogP contribution in [0.5, 0.6) is 0 Å². The summed E-state index contributed by atoms with van der Waals surface area (Å²) < 4.78 is 0.771. The van der Waals surface area contributed by atoms with Crippen LogP contribution in [-0.4, -0.2) is 17.4 Å². The molecule has 0 spiro atoms. The third kappa shape index (κ3) is 4.19. The molecule has 2 rings (SSSR count). The van der Waals surface area contributed by atoms with E-state index in [9.17, 15) is 4.79 Å². The first kappa shape index (κ1) is 15.8. The molecule has 0 saturated carbocycles. The Kier molecular flexibility index (Phi) is 5.59. The van der Waals surface area contributed by atoms with E-state index in [4.69, 9.17) is 11.6 Å². The van der Waals surface area contributed by atoms with Crippen molar-refractivity contribution in [3.8, 4) is 0 Å². The minimum absolute atomic E-state index is 0.232. The van der Waals surface area contributed by atoms with Gasteiger partial charge in [0.15, 0.2) is 0 Å². The second kappa shape index (κ2) is 7.43. The first-order chi connectivity index (χ1) is 10.1. The van der Waals surface area contributed by atoms with Gasteiger partial charge in [-0.3, -0.25) is 9.78 Å². The van der Waals surface area contributed by atoms with E-state index >= 15 is 0 Å². The lowest BCUT2D eigenvalue weighted by Crippen LogP contribution is -2.15. The predicted molar refractivity (Wildman–Crippen MR) is 90.1 cm³/mol. The first-order valence-electron chi connectivity index (χ1n) is 6.56. The second-order valence-corrected chi connectivity index (χ2v) is 5.72. The molecule has 1 amide bonds. The van der Waals surface area contributed by atoms with Gasteiger partial charge in [-0.2, -0.15) is 0 Å². The summed E-state index contributed by atoms with van der Waals surface area (Å²) in [5, 5.41) is 6.61. The van der Waals surface area contributed by atoms with E-state index in [1.807, 2.05) is 0 Å². The fraction of sp³-hybridized carbons (Fsp3) is 0.200. The lowest BCUT2D eigenvalue weighted by Gasteiger charge is -2.12. The largest absolute Gasteiger partial charge is 0.384 e. The average molecular weight is 369 g/mol. The molecular formula is C15H15BrClN3O. The van der Waals surface area contributed by atoms with E-state index in [0.717, 1.165) is 23.1 Å². The van der Waals surface area contributed by atoms with Crippen molar-refractivity contribution < 1.29 is 4.79 Å². The topological polar surface area (TPSA) is 54.0 Å². The van der Waals surface area contributed by atoms with E-state index in [0.29, 0.717) is 16.3 Å². The molecule has 110 valence electrons. The number of aromatic nitrogens is 1. The van der Waals surface area contributed by atoms with Crippen LogP contribution in [0.3, 0.4) is 0 Å². The van der Waals surface area contributed by atoms with E-state index in [-0.39, 0.29) is 5.91 Å². The van der Waals surface area contributed by atoms with Gasteiger partial charge < -0.3 is 10.6 Å². The Morgan fingerprint density at radius 3 is 2.90 bits per heavy atom. The van der Waals surface area contributed by atoms with Crippen LogP contribution in [0, 0.1) is 0 Å². The number of nitrogens with one attached hydrogen (secondary N) is 2. The number of benzene rings is 1. The summed E-state index contributed by atoms with van der Waals surface area (Å²) in [6.45, 7) is 2.86. The molecule has 0 saturated heterocycles. The molecule has 0 radical (unpaired) electrons. The first-order valence-corrected chi connectivity index (χ1v) is 7.73. The Morgan fingerprint density at radius 1 is 1.33 bits per heavy atom. The van der Waals surface area contributed by atoms with Gasteiger partial charge in [0, 0.05) is 28.4 Å². The molecule has 0 aliphatic carbocycles. The smallest absolute Gasteiger partial charge is 0.259 e. The van der Waals surface area contributed by atoms with Crippen molar-refractivity contribution in [2.75, 3.05) is 17.2 Å². The van der Waals surface area contributed by atoms with Crippen molar-refractivity contribution in [3.05, 3.63) is 51.7 Å². The van der Waals surface area contributed by atoms with Crippen LogP contribution in [0.1, 0.15) is 23.7 Å². The highest BCUT2D eigenvalue weighted by Gasteiger charge is 2.13. The van der Waals surface area contributed by atoms with Crippen molar-refractivity contribution in [2.45, 2.75) is 13.3 Å². The summed E-state index contributed by atoms with van der Waals surface area (Å²) in [4.78, 5) is 16.4. The number of anilines is 2. The molecule has 0 fully saturated rings. The van der Waals surface area contributed by atoms with E-state index in [1.54, 1.807) is 36.7 Å². The van der Waals surface area contributed by atoms with Crippen LogP contribution < -0.4 is 10.6 Å². The van der Waals surface area contributed by atoms with Crippen LogP contribution in [-0.2, 0) is 0 Å². The number of rotatable bonds is 5. The summed E-state index contributed by atoms with van der Waals surface area (Å²) in [6, 6.07) is 7.02. The lowest BCUT2D eigenvalue weighted by atomic mass is 10.2. The van der Waals surface area contributed by atoms with Gasteiger partial charge in [0.2, 0.25) is 0 Å². The van der Waals surface area contributed by atoms with Gasteiger partial charge in [-0.15, -0.1) is 0 Å². The Morgan fingerprint density at radius 2 is 2.14 bits per heavy atom. The van der Waals surface area contributed by atoms with Crippen molar-refractivity contribution in [2.24, 2.45) is 0 Å². The monoisotopic (exact) mass is 367 g/mol. The molecule has 1 heterocycles. The highest BCUT2D eigenvalue weighted by Crippen LogP contribution is 2.27. The second-order valence-electron chi connectivity index (χ2n) is 4.43. The summed E-state index contributed by atoms with van der Waals surface area (Å²) in [6.07, 6.45) is 4.18. The van der Waals surface area contributed by atoms with Gasteiger partial charge in [0.1, 0.15) is 0 Å². The van der Waals surface area contributed by atoms with Crippen LogP contribution in [0.2, 0.25) is 5.02 Å². The summed E-state index contributed by atoms with van der Waals surface area (Å²) in [5.74, 6) is -0.232. The fourth-order valence-corrected chi connectivity index (χ4v) is 2.29. The summed E-state index contributed by atoms with van der Waals surface area (Å²) in [7, 11) is 0. The molecular weight excluding hydrogens is 354 g/mol. The third-order valence-electron chi connectivity index (χ3n) is 2.81. The van der Waals surface area contributed by atoms with Crippen molar-refractivity contribution >= 4 is 44.8 Å². The molecule has 2 N–H and O–H groups in total. The number of nitrogens with zero attached hydrogens (tertiary/aromatic N) is 1. The molecule has 4 nitrogen and oxygen atoms in total. The zero-order valence-electron chi connectivity index (χ0n) is 11.5. The molecule has 0 aliphatic rings. The van der Waals surface area contributed by atoms with Gasteiger partial charge in [-0.25, -0.2) is 0 Å². The Bertz CT molecular complexity index is 649. The maximum absolute atomic E-state index is 12.4. The van der Waals surface area contributed by atoms with E-state index in [1.165, 1.54) is 0 Å². The zero-order chi connectivity index (χ0) is 15.2. The standard InChI is InChI=1S/C15H15BrClN3O/c1-2-6-19-13-5-7-18-9-11(13)15(21)20-14-8-10(17)3-4-12(14)16/h3-5,7-9H,2,6H2,1H3,(H,18,19)(H,20,21). The summed E-state index contributed by atoms with van der Waals surface area (Å²) in [5.41, 5.74) is 1.89. The average Bonchev–Trinajstić information content (AvgIpc) is 2.49. The third-order valence-corrected chi connectivity index (χ3v) is 3.73. The fourth-order valence-electron chi connectivity index (χ4n) is 1.77. The predicted octanol–water partition coefficient (Wildman–Crippen LogP) is 4.57. The molecule has 6 heteroatoms. The maximum atomic E-state index is 12.4. The van der Waals surface area contributed by atoms with Gasteiger partial charge in [-0.1, -0.05) is 18.5 Å². The molecule has 1 aromatic carbocycles. The van der Waals surface area contributed by atoms with Gasteiger partial charge >= 0.3 is 0 Å². The molecule has 1 aromatic heterocycles. The Hall–Kier alpha value is -1.59. The van der Waals surface area contributed by atoms with Gasteiger partial charge in [0.05, 0.1) is 16.9 Å². The highest BCUT2D eigenvalue weighted by molar-refractivity contribution is 9.10. The van der Waals surface area contributed by atoms with Crippen LogP contribution in [0.4, 0.5) is 11.4 Å². The molecule has 2 aromatic rings. The SMILES string of the molecule is CCCNc1ccncc1C(=O)Nc1cc(Cl)ccc1Br. The number of hydrogen-bond donors (Lipinski definition) is 2. The number of carbonyl (C=O) groups is 1. The molecule has 0 aliphatic heterocycles. The number of amides is 1.